The van der Waals surface area contributed by atoms with E-state index in [1.54, 1.807) is 0 Å². The van der Waals surface area contributed by atoms with Gasteiger partial charge >= 0.3 is 0 Å². The summed E-state index contributed by atoms with van der Waals surface area (Å²) in [5.74, 6) is 0.217. The molecule has 0 saturated carbocycles. The first kappa shape index (κ1) is 16.7. The van der Waals surface area contributed by atoms with Gasteiger partial charge in [-0.3, -0.25) is 9.69 Å². The zero-order chi connectivity index (χ0) is 15.9. The standard InChI is InChI=1S/C16H31N3O2/c1-14(2)11-18(12-15(3,4)21-14)13(20)16(5,6)19-9-7-17-8-10-19/h17H,7-12H2,1-6H3. The number of nitrogens with zero attached hydrogens (tertiary/aromatic N) is 2. The van der Waals surface area contributed by atoms with Crippen LogP contribution in [0.4, 0.5) is 0 Å². The van der Waals surface area contributed by atoms with Gasteiger partial charge in [0.05, 0.1) is 16.7 Å². The van der Waals surface area contributed by atoms with Crippen LogP contribution in [0.3, 0.4) is 0 Å². The zero-order valence-corrected chi connectivity index (χ0v) is 14.5. The first-order chi connectivity index (χ1) is 9.54. The molecule has 0 unspecified atom stereocenters. The van der Waals surface area contributed by atoms with Crippen LogP contribution in [0.2, 0.25) is 0 Å². The maximum absolute atomic E-state index is 13.1. The molecular formula is C16H31N3O2. The topological polar surface area (TPSA) is 44.8 Å². The van der Waals surface area contributed by atoms with Crippen molar-refractivity contribution in [3.05, 3.63) is 0 Å². The van der Waals surface area contributed by atoms with Gasteiger partial charge in [-0.2, -0.15) is 0 Å². The van der Waals surface area contributed by atoms with Crippen LogP contribution >= 0.6 is 0 Å². The SMILES string of the molecule is CC1(C)CN(C(=O)C(C)(C)N2CCNCC2)CC(C)(C)O1. The second-order valence-electron chi connectivity index (χ2n) is 8.08. The van der Waals surface area contributed by atoms with E-state index in [2.05, 4.69) is 51.8 Å². The summed E-state index contributed by atoms with van der Waals surface area (Å²) in [6.07, 6.45) is 0. The minimum Gasteiger partial charge on any atom is -0.366 e. The van der Waals surface area contributed by atoms with E-state index in [0.717, 1.165) is 26.2 Å². The van der Waals surface area contributed by atoms with E-state index < -0.39 is 5.54 Å². The Kier molecular flexibility index (Phi) is 4.40. The van der Waals surface area contributed by atoms with Crippen molar-refractivity contribution in [3.63, 3.8) is 0 Å². The quantitative estimate of drug-likeness (QED) is 0.828. The lowest BCUT2D eigenvalue weighted by molar-refractivity contribution is -0.193. The number of carbonyl (C=O) groups excluding carboxylic acids is 1. The molecule has 5 heteroatoms. The molecule has 0 bridgehead atoms. The number of rotatable bonds is 2. The monoisotopic (exact) mass is 297 g/mol. The Labute approximate surface area is 129 Å². The molecule has 0 spiro atoms. The van der Waals surface area contributed by atoms with Crippen molar-refractivity contribution in [1.29, 1.82) is 0 Å². The van der Waals surface area contributed by atoms with Crippen LogP contribution in [0.1, 0.15) is 41.5 Å². The Morgan fingerprint density at radius 2 is 1.52 bits per heavy atom. The minimum absolute atomic E-state index is 0.217. The number of nitrogens with one attached hydrogen (secondary N) is 1. The molecule has 0 radical (unpaired) electrons. The summed E-state index contributed by atoms with van der Waals surface area (Å²) in [4.78, 5) is 17.4. The molecule has 122 valence electrons. The average Bonchev–Trinajstić information content (AvgIpc) is 2.35. The summed E-state index contributed by atoms with van der Waals surface area (Å²) in [5, 5.41) is 3.34. The molecule has 0 atom stereocenters. The summed E-state index contributed by atoms with van der Waals surface area (Å²) < 4.78 is 6.08. The molecule has 0 aromatic heterocycles. The highest BCUT2D eigenvalue weighted by Crippen LogP contribution is 2.30. The third kappa shape index (κ3) is 3.76. The van der Waals surface area contributed by atoms with E-state index in [-0.39, 0.29) is 17.1 Å². The Balaban J connectivity index is 2.14. The summed E-state index contributed by atoms with van der Waals surface area (Å²) in [6, 6.07) is 0. The molecule has 2 heterocycles. The van der Waals surface area contributed by atoms with E-state index in [9.17, 15) is 4.79 Å². The van der Waals surface area contributed by atoms with E-state index in [4.69, 9.17) is 4.74 Å². The van der Waals surface area contributed by atoms with Gasteiger partial charge < -0.3 is 15.0 Å². The third-order valence-electron chi connectivity index (χ3n) is 4.41. The molecule has 1 amide bonds. The lowest BCUT2D eigenvalue weighted by Gasteiger charge is -2.50. The van der Waals surface area contributed by atoms with Crippen LogP contribution in [0.25, 0.3) is 0 Å². The predicted molar refractivity (Wildman–Crippen MR) is 84.3 cm³/mol. The largest absolute Gasteiger partial charge is 0.366 e. The van der Waals surface area contributed by atoms with Gasteiger partial charge in [0.25, 0.3) is 0 Å². The maximum atomic E-state index is 13.1. The molecule has 0 aromatic carbocycles. The zero-order valence-electron chi connectivity index (χ0n) is 14.5. The molecule has 2 rings (SSSR count). The van der Waals surface area contributed by atoms with Crippen LogP contribution in [0.5, 0.6) is 0 Å². The number of amides is 1. The second-order valence-corrected chi connectivity index (χ2v) is 8.08. The molecule has 2 aliphatic heterocycles. The van der Waals surface area contributed by atoms with Gasteiger partial charge in [0, 0.05) is 39.3 Å². The molecule has 2 fully saturated rings. The molecule has 2 aliphatic rings. The van der Waals surface area contributed by atoms with Crippen LogP contribution < -0.4 is 5.32 Å². The fraction of sp³-hybridized carbons (Fsp3) is 0.938. The highest BCUT2D eigenvalue weighted by Gasteiger charge is 2.45. The number of carbonyl (C=O) groups is 1. The second kappa shape index (κ2) is 5.52. The van der Waals surface area contributed by atoms with E-state index >= 15 is 0 Å². The first-order valence-corrected chi connectivity index (χ1v) is 7.99. The molecule has 21 heavy (non-hydrogen) atoms. The minimum atomic E-state index is -0.453. The van der Waals surface area contributed by atoms with E-state index in [0.29, 0.717) is 13.1 Å². The maximum Gasteiger partial charge on any atom is 0.242 e. The molecule has 5 nitrogen and oxygen atoms in total. The Hall–Kier alpha value is -0.650. The van der Waals surface area contributed by atoms with Crippen LogP contribution in [0.15, 0.2) is 0 Å². The van der Waals surface area contributed by atoms with Crippen molar-refractivity contribution in [2.75, 3.05) is 39.3 Å². The van der Waals surface area contributed by atoms with Gasteiger partial charge in [-0.1, -0.05) is 0 Å². The Morgan fingerprint density at radius 1 is 1.05 bits per heavy atom. The first-order valence-electron chi connectivity index (χ1n) is 7.99. The fourth-order valence-corrected chi connectivity index (χ4v) is 3.68. The number of hydrogen-bond acceptors (Lipinski definition) is 4. The summed E-state index contributed by atoms with van der Waals surface area (Å²) in [7, 11) is 0. The van der Waals surface area contributed by atoms with Crippen molar-refractivity contribution in [2.24, 2.45) is 0 Å². The lowest BCUT2D eigenvalue weighted by atomic mass is 9.94. The highest BCUT2D eigenvalue weighted by atomic mass is 16.5. The van der Waals surface area contributed by atoms with Crippen molar-refractivity contribution >= 4 is 5.91 Å². The third-order valence-corrected chi connectivity index (χ3v) is 4.41. The molecule has 1 N–H and O–H groups in total. The highest BCUT2D eigenvalue weighted by molar-refractivity contribution is 5.85. The molecular weight excluding hydrogens is 266 g/mol. The Bertz CT molecular complexity index is 382. The fourth-order valence-electron chi connectivity index (χ4n) is 3.68. The van der Waals surface area contributed by atoms with E-state index in [1.165, 1.54) is 0 Å². The number of piperazine rings is 1. The van der Waals surface area contributed by atoms with Crippen LogP contribution in [-0.4, -0.2) is 71.7 Å². The average molecular weight is 297 g/mol. The molecule has 2 saturated heterocycles. The van der Waals surface area contributed by atoms with Crippen molar-refractivity contribution in [2.45, 2.75) is 58.3 Å². The van der Waals surface area contributed by atoms with Crippen LogP contribution in [-0.2, 0) is 9.53 Å². The number of hydrogen-bond donors (Lipinski definition) is 1. The summed E-state index contributed by atoms with van der Waals surface area (Å²) >= 11 is 0. The van der Waals surface area contributed by atoms with Crippen molar-refractivity contribution < 1.29 is 9.53 Å². The number of ether oxygens (including phenoxy) is 1. The van der Waals surface area contributed by atoms with Crippen molar-refractivity contribution in [3.8, 4) is 0 Å². The van der Waals surface area contributed by atoms with Gasteiger partial charge in [-0.05, 0) is 41.5 Å². The summed E-state index contributed by atoms with van der Waals surface area (Å²) in [6.45, 7) is 17.4. The van der Waals surface area contributed by atoms with E-state index in [1.807, 2.05) is 4.90 Å². The predicted octanol–water partition coefficient (Wildman–Crippen LogP) is 1.09. The number of morpholine rings is 1. The van der Waals surface area contributed by atoms with Gasteiger partial charge in [0.15, 0.2) is 0 Å². The lowest BCUT2D eigenvalue weighted by Crippen LogP contribution is -2.66. The van der Waals surface area contributed by atoms with Gasteiger partial charge in [-0.25, -0.2) is 0 Å². The van der Waals surface area contributed by atoms with Gasteiger partial charge in [0.2, 0.25) is 5.91 Å². The smallest absolute Gasteiger partial charge is 0.242 e. The summed E-state index contributed by atoms with van der Waals surface area (Å²) in [5.41, 5.74) is -1.04. The molecule has 0 aliphatic carbocycles. The Morgan fingerprint density at radius 3 is 2.00 bits per heavy atom. The van der Waals surface area contributed by atoms with Crippen LogP contribution in [0, 0.1) is 0 Å². The molecule has 0 aromatic rings. The van der Waals surface area contributed by atoms with Crippen molar-refractivity contribution in [1.82, 2.24) is 15.1 Å². The van der Waals surface area contributed by atoms with Gasteiger partial charge in [0.1, 0.15) is 0 Å². The normalized spacial score (nSPS) is 26.7. The van der Waals surface area contributed by atoms with Gasteiger partial charge in [-0.15, -0.1) is 0 Å².